The van der Waals surface area contributed by atoms with Gasteiger partial charge in [-0.15, -0.1) is 0 Å². The van der Waals surface area contributed by atoms with Crippen molar-refractivity contribution in [2.75, 3.05) is 6.61 Å². The molecule has 0 saturated heterocycles. The zero-order chi connectivity index (χ0) is 11.3. The number of pyridine rings is 1. The van der Waals surface area contributed by atoms with Crippen LogP contribution in [0.25, 0.3) is 0 Å². The second kappa shape index (κ2) is 5.16. The van der Waals surface area contributed by atoms with E-state index in [1.165, 1.54) is 0 Å². The van der Waals surface area contributed by atoms with Gasteiger partial charge in [-0.05, 0) is 32.4 Å². The summed E-state index contributed by atoms with van der Waals surface area (Å²) in [5.74, 6) is 0.424. The van der Waals surface area contributed by atoms with Gasteiger partial charge in [-0.25, -0.2) is 4.98 Å². The Bertz CT molecular complexity index is 416. The molecular formula is C12H14N2O. The lowest BCUT2D eigenvalue weighted by Crippen LogP contribution is -2.01. The molecule has 3 nitrogen and oxygen atoms in total. The van der Waals surface area contributed by atoms with E-state index in [2.05, 4.69) is 11.1 Å². The number of aryl methyl sites for hydroxylation is 2. The maximum Gasteiger partial charge on any atom is 0.232 e. The predicted molar refractivity (Wildman–Crippen MR) is 58.7 cm³/mol. The van der Waals surface area contributed by atoms with Crippen LogP contribution in [0.15, 0.2) is 18.2 Å². The van der Waals surface area contributed by atoms with Crippen molar-refractivity contribution in [3.63, 3.8) is 0 Å². The Labute approximate surface area is 90.0 Å². The van der Waals surface area contributed by atoms with Gasteiger partial charge in [-0.3, -0.25) is 0 Å². The number of aromatic nitrogens is 1. The van der Waals surface area contributed by atoms with Gasteiger partial charge in [0.25, 0.3) is 0 Å². The standard InChI is InChI=1S/C12H14N2O/c1-4-5-6-15-12-11(8-13)9(2)7-10(3)14-12/h4-5,7H,6H2,1-3H3. The molecule has 0 aromatic carbocycles. The summed E-state index contributed by atoms with van der Waals surface area (Å²) in [5.41, 5.74) is 2.28. The summed E-state index contributed by atoms with van der Waals surface area (Å²) in [4.78, 5) is 4.20. The maximum atomic E-state index is 8.96. The van der Waals surface area contributed by atoms with Gasteiger partial charge in [0.2, 0.25) is 5.88 Å². The Morgan fingerprint density at radius 2 is 2.27 bits per heavy atom. The van der Waals surface area contributed by atoms with Gasteiger partial charge in [-0.1, -0.05) is 12.2 Å². The van der Waals surface area contributed by atoms with E-state index in [-0.39, 0.29) is 0 Å². The quantitative estimate of drug-likeness (QED) is 0.707. The summed E-state index contributed by atoms with van der Waals surface area (Å²) < 4.78 is 5.41. The molecule has 15 heavy (non-hydrogen) atoms. The maximum absolute atomic E-state index is 8.96. The average Bonchev–Trinajstić information content (AvgIpc) is 2.17. The Hall–Kier alpha value is -1.82. The first-order valence-corrected chi connectivity index (χ1v) is 4.81. The monoisotopic (exact) mass is 202 g/mol. The van der Waals surface area contributed by atoms with Crippen molar-refractivity contribution in [3.8, 4) is 11.9 Å². The van der Waals surface area contributed by atoms with E-state index in [0.717, 1.165) is 11.3 Å². The zero-order valence-corrected chi connectivity index (χ0v) is 9.24. The first-order chi connectivity index (χ1) is 7.19. The fourth-order valence-corrected chi connectivity index (χ4v) is 1.27. The number of nitrogens with zero attached hydrogens (tertiary/aromatic N) is 2. The summed E-state index contributed by atoms with van der Waals surface area (Å²) in [6, 6.07) is 3.98. The Kier molecular flexibility index (Phi) is 3.87. The lowest BCUT2D eigenvalue weighted by molar-refractivity contribution is 0.346. The molecule has 0 unspecified atom stereocenters. The minimum Gasteiger partial charge on any atom is -0.472 e. The van der Waals surface area contributed by atoms with Crippen molar-refractivity contribution in [2.24, 2.45) is 0 Å². The van der Waals surface area contributed by atoms with Crippen LogP contribution in [-0.2, 0) is 0 Å². The van der Waals surface area contributed by atoms with Crippen LogP contribution < -0.4 is 4.74 Å². The summed E-state index contributed by atoms with van der Waals surface area (Å²) in [7, 11) is 0. The first-order valence-electron chi connectivity index (χ1n) is 4.81. The van der Waals surface area contributed by atoms with Crippen LogP contribution in [-0.4, -0.2) is 11.6 Å². The number of allylic oxidation sites excluding steroid dienone is 1. The normalized spacial score (nSPS) is 10.3. The van der Waals surface area contributed by atoms with E-state index in [4.69, 9.17) is 10.00 Å². The molecule has 0 N–H and O–H groups in total. The number of ether oxygens (including phenoxy) is 1. The molecule has 0 fully saturated rings. The van der Waals surface area contributed by atoms with E-state index in [1.807, 2.05) is 39.0 Å². The van der Waals surface area contributed by atoms with Crippen LogP contribution >= 0.6 is 0 Å². The highest BCUT2D eigenvalue weighted by atomic mass is 16.5. The SMILES string of the molecule is CC=CCOc1nc(C)cc(C)c1C#N. The summed E-state index contributed by atoms with van der Waals surface area (Å²) in [5, 5.41) is 8.96. The highest BCUT2D eigenvalue weighted by molar-refractivity contribution is 5.45. The topological polar surface area (TPSA) is 45.9 Å². The number of hydrogen-bond acceptors (Lipinski definition) is 3. The largest absolute Gasteiger partial charge is 0.472 e. The van der Waals surface area contributed by atoms with E-state index >= 15 is 0 Å². The van der Waals surface area contributed by atoms with Gasteiger partial charge >= 0.3 is 0 Å². The second-order valence-corrected chi connectivity index (χ2v) is 3.25. The van der Waals surface area contributed by atoms with Crippen LogP contribution in [0.2, 0.25) is 0 Å². The van der Waals surface area contributed by atoms with Crippen molar-refractivity contribution < 1.29 is 4.74 Å². The van der Waals surface area contributed by atoms with Crippen LogP contribution in [0.1, 0.15) is 23.7 Å². The third kappa shape index (κ3) is 2.81. The lowest BCUT2D eigenvalue weighted by atomic mass is 10.1. The van der Waals surface area contributed by atoms with E-state index in [9.17, 15) is 0 Å². The summed E-state index contributed by atoms with van der Waals surface area (Å²) in [6.45, 7) is 6.14. The van der Waals surface area contributed by atoms with Crippen molar-refractivity contribution in [1.29, 1.82) is 5.26 Å². The van der Waals surface area contributed by atoms with Gasteiger partial charge < -0.3 is 4.74 Å². The smallest absolute Gasteiger partial charge is 0.232 e. The molecule has 1 aromatic heterocycles. The fraction of sp³-hybridized carbons (Fsp3) is 0.333. The molecular weight excluding hydrogens is 188 g/mol. The summed E-state index contributed by atoms with van der Waals surface area (Å²) in [6.07, 6.45) is 3.77. The molecule has 78 valence electrons. The minimum absolute atomic E-state index is 0.424. The second-order valence-electron chi connectivity index (χ2n) is 3.25. The molecule has 0 saturated carbocycles. The van der Waals surface area contributed by atoms with Crippen LogP contribution in [0.5, 0.6) is 5.88 Å². The molecule has 0 spiro atoms. The number of rotatable bonds is 3. The van der Waals surface area contributed by atoms with Crippen molar-refractivity contribution >= 4 is 0 Å². The van der Waals surface area contributed by atoms with Gasteiger partial charge in [0.1, 0.15) is 18.2 Å². The third-order valence-electron chi connectivity index (χ3n) is 1.98. The molecule has 0 amide bonds. The third-order valence-corrected chi connectivity index (χ3v) is 1.98. The van der Waals surface area contributed by atoms with Crippen molar-refractivity contribution in [3.05, 3.63) is 35.0 Å². The highest BCUT2D eigenvalue weighted by Gasteiger charge is 2.08. The van der Waals surface area contributed by atoms with Crippen molar-refractivity contribution in [2.45, 2.75) is 20.8 Å². The minimum atomic E-state index is 0.424. The molecule has 0 atom stereocenters. The van der Waals surface area contributed by atoms with Gasteiger partial charge in [-0.2, -0.15) is 5.26 Å². The summed E-state index contributed by atoms with van der Waals surface area (Å²) >= 11 is 0. The Morgan fingerprint density at radius 3 is 2.87 bits per heavy atom. The molecule has 0 radical (unpaired) electrons. The first kappa shape index (κ1) is 11.3. The van der Waals surface area contributed by atoms with Crippen molar-refractivity contribution in [1.82, 2.24) is 4.98 Å². The fourth-order valence-electron chi connectivity index (χ4n) is 1.27. The van der Waals surface area contributed by atoms with Gasteiger partial charge in [0.15, 0.2) is 0 Å². The van der Waals surface area contributed by atoms with E-state index < -0.39 is 0 Å². The van der Waals surface area contributed by atoms with Gasteiger partial charge in [0.05, 0.1) is 0 Å². The van der Waals surface area contributed by atoms with E-state index in [0.29, 0.717) is 18.1 Å². The zero-order valence-electron chi connectivity index (χ0n) is 9.24. The molecule has 3 heteroatoms. The Morgan fingerprint density at radius 1 is 1.53 bits per heavy atom. The van der Waals surface area contributed by atoms with Crippen LogP contribution in [0, 0.1) is 25.2 Å². The molecule has 0 bridgehead atoms. The predicted octanol–water partition coefficient (Wildman–Crippen LogP) is 2.53. The molecule has 1 rings (SSSR count). The molecule has 1 heterocycles. The van der Waals surface area contributed by atoms with Gasteiger partial charge in [0, 0.05) is 5.69 Å². The number of hydrogen-bond donors (Lipinski definition) is 0. The van der Waals surface area contributed by atoms with E-state index in [1.54, 1.807) is 0 Å². The van der Waals surface area contributed by atoms with Crippen LogP contribution in [0.3, 0.4) is 0 Å². The molecule has 1 aromatic rings. The molecule has 0 aliphatic rings. The van der Waals surface area contributed by atoms with Crippen LogP contribution in [0.4, 0.5) is 0 Å². The average molecular weight is 202 g/mol. The Balaban J connectivity index is 3.00. The lowest BCUT2D eigenvalue weighted by Gasteiger charge is -2.07. The number of nitriles is 1. The molecule has 0 aliphatic heterocycles. The highest BCUT2D eigenvalue weighted by Crippen LogP contribution is 2.19. The molecule has 0 aliphatic carbocycles.